The average Bonchev–Trinajstić information content (AvgIpc) is 2.17. The van der Waals surface area contributed by atoms with Gasteiger partial charge in [0.15, 0.2) is 0 Å². The Morgan fingerprint density at radius 1 is 0.950 bits per heavy atom. The lowest BCUT2D eigenvalue weighted by Crippen LogP contribution is -2.77. The third-order valence-corrected chi connectivity index (χ3v) is 4.37. The molecule has 0 rings (SSSR count). The predicted molar refractivity (Wildman–Crippen MR) is 87.6 cm³/mol. The van der Waals surface area contributed by atoms with Crippen LogP contribution in [0.5, 0.6) is 0 Å². The second kappa shape index (κ2) is 5.88. The lowest BCUT2D eigenvalue weighted by Gasteiger charge is -2.64. The van der Waals surface area contributed by atoms with Crippen LogP contribution in [0.25, 0.3) is 0 Å². The molecule has 3 heteroatoms. The van der Waals surface area contributed by atoms with Crippen molar-refractivity contribution >= 4 is 5.91 Å². The Hall–Kier alpha value is -0.830. The Bertz CT molecular complexity index is 315. The van der Waals surface area contributed by atoms with Crippen molar-refractivity contribution < 1.29 is 9.28 Å². The van der Waals surface area contributed by atoms with Gasteiger partial charge in [-0.3, -0.25) is 4.79 Å². The monoisotopic (exact) mass is 283 g/mol. The van der Waals surface area contributed by atoms with Crippen LogP contribution in [-0.2, 0) is 4.79 Å². The van der Waals surface area contributed by atoms with Gasteiger partial charge < -0.3 is 9.80 Å². The van der Waals surface area contributed by atoms with E-state index < -0.39 is 0 Å². The zero-order valence-corrected chi connectivity index (χ0v) is 15.1. The van der Waals surface area contributed by atoms with Gasteiger partial charge in [0.2, 0.25) is 5.91 Å². The number of amides is 1. The summed E-state index contributed by atoms with van der Waals surface area (Å²) in [6.45, 7) is 25.7. The molecular formula is C17H35N2O+. The Balaban J connectivity index is 5.57. The van der Waals surface area contributed by atoms with E-state index in [2.05, 4.69) is 74.2 Å². The van der Waals surface area contributed by atoms with Crippen LogP contribution in [0.1, 0.15) is 62.3 Å². The highest BCUT2D eigenvalue weighted by Crippen LogP contribution is 2.43. The van der Waals surface area contributed by atoms with E-state index in [1.807, 2.05) is 0 Å². The standard InChI is InChI=1S/C17H34N2O/c1-11-14(20)18-12-13-19(15(2,3)4,16(5,6)7)17(8,9)10/h11H,1,12-13H2,2-10H3/p+1. The summed E-state index contributed by atoms with van der Waals surface area (Å²) in [5.41, 5.74) is 0.236. The maximum absolute atomic E-state index is 11.4. The summed E-state index contributed by atoms with van der Waals surface area (Å²) in [4.78, 5) is 11.4. The minimum atomic E-state index is -0.0974. The van der Waals surface area contributed by atoms with Crippen molar-refractivity contribution in [2.24, 2.45) is 0 Å². The first-order chi connectivity index (χ1) is 8.70. The van der Waals surface area contributed by atoms with Crippen LogP contribution in [0, 0.1) is 0 Å². The van der Waals surface area contributed by atoms with Crippen LogP contribution in [0.15, 0.2) is 12.7 Å². The number of quaternary nitrogens is 1. The number of rotatable bonds is 4. The SMILES string of the molecule is C=CC(=O)NCC[N+](C(C)(C)C)(C(C)(C)C)C(C)(C)C. The molecule has 3 nitrogen and oxygen atoms in total. The number of nitrogens with one attached hydrogen (secondary N) is 1. The molecule has 0 saturated heterocycles. The quantitative estimate of drug-likeness (QED) is 0.621. The number of carbonyl (C=O) groups excluding carboxylic acids is 1. The summed E-state index contributed by atoms with van der Waals surface area (Å²) in [5.74, 6) is -0.0974. The van der Waals surface area contributed by atoms with Gasteiger partial charge in [0.25, 0.3) is 0 Å². The molecule has 0 bridgehead atoms. The van der Waals surface area contributed by atoms with E-state index in [-0.39, 0.29) is 22.5 Å². The van der Waals surface area contributed by atoms with Gasteiger partial charge in [-0.1, -0.05) is 6.58 Å². The molecule has 0 saturated carbocycles. The Morgan fingerprint density at radius 3 is 1.55 bits per heavy atom. The minimum Gasteiger partial charge on any atom is -0.347 e. The Kier molecular flexibility index (Phi) is 5.64. The first kappa shape index (κ1) is 19.2. The topological polar surface area (TPSA) is 29.1 Å². The molecule has 0 aromatic carbocycles. The number of nitrogens with zero attached hydrogens (tertiary/aromatic N) is 1. The van der Waals surface area contributed by atoms with Gasteiger partial charge in [-0.05, 0) is 68.4 Å². The zero-order chi connectivity index (χ0) is 16.4. The van der Waals surface area contributed by atoms with Crippen LogP contribution >= 0.6 is 0 Å². The predicted octanol–water partition coefficient (Wildman–Crippen LogP) is 3.50. The first-order valence-electron chi connectivity index (χ1n) is 7.49. The van der Waals surface area contributed by atoms with Crippen molar-refractivity contribution in [3.05, 3.63) is 12.7 Å². The van der Waals surface area contributed by atoms with Crippen molar-refractivity contribution in [3.63, 3.8) is 0 Å². The molecule has 1 N–H and O–H groups in total. The lowest BCUT2D eigenvalue weighted by atomic mass is 9.81. The van der Waals surface area contributed by atoms with E-state index in [0.29, 0.717) is 6.54 Å². The van der Waals surface area contributed by atoms with E-state index in [1.165, 1.54) is 6.08 Å². The van der Waals surface area contributed by atoms with E-state index in [9.17, 15) is 4.79 Å². The van der Waals surface area contributed by atoms with Crippen LogP contribution in [0.4, 0.5) is 0 Å². The second-order valence-electron chi connectivity index (χ2n) is 8.54. The lowest BCUT2D eigenvalue weighted by molar-refractivity contribution is -1.05. The average molecular weight is 283 g/mol. The molecule has 0 aliphatic heterocycles. The van der Waals surface area contributed by atoms with Crippen LogP contribution in [0.3, 0.4) is 0 Å². The van der Waals surface area contributed by atoms with Gasteiger partial charge in [0.1, 0.15) is 0 Å². The second-order valence-corrected chi connectivity index (χ2v) is 8.54. The molecular weight excluding hydrogens is 248 g/mol. The molecule has 0 aliphatic carbocycles. The van der Waals surface area contributed by atoms with Crippen molar-refractivity contribution in [3.8, 4) is 0 Å². The van der Waals surface area contributed by atoms with Crippen LogP contribution in [-0.4, -0.2) is 40.1 Å². The highest BCUT2D eigenvalue weighted by Gasteiger charge is 2.55. The van der Waals surface area contributed by atoms with E-state index >= 15 is 0 Å². The van der Waals surface area contributed by atoms with Crippen molar-refractivity contribution in [1.82, 2.24) is 5.32 Å². The maximum Gasteiger partial charge on any atom is 0.243 e. The third-order valence-electron chi connectivity index (χ3n) is 4.37. The van der Waals surface area contributed by atoms with Crippen LogP contribution in [0.2, 0.25) is 0 Å². The molecule has 0 fully saturated rings. The van der Waals surface area contributed by atoms with Gasteiger partial charge in [-0.25, -0.2) is 0 Å². The molecule has 118 valence electrons. The molecule has 20 heavy (non-hydrogen) atoms. The maximum atomic E-state index is 11.4. The molecule has 0 aliphatic rings. The summed E-state index contributed by atoms with van der Waals surface area (Å²) in [7, 11) is 0. The van der Waals surface area contributed by atoms with E-state index in [0.717, 1.165) is 11.0 Å². The summed E-state index contributed by atoms with van der Waals surface area (Å²) >= 11 is 0. The number of hydrogen-bond acceptors (Lipinski definition) is 1. The number of hydrogen-bond donors (Lipinski definition) is 1. The molecule has 0 radical (unpaired) electrons. The van der Waals surface area contributed by atoms with Crippen molar-refractivity contribution in [1.29, 1.82) is 0 Å². The molecule has 0 aromatic rings. The fraction of sp³-hybridized carbons (Fsp3) is 0.824. The molecule has 1 amide bonds. The molecule has 0 unspecified atom stereocenters. The van der Waals surface area contributed by atoms with E-state index in [4.69, 9.17) is 0 Å². The Labute approximate surface area is 126 Å². The van der Waals surface area contributed by atoms with E-state index in [1.54, 1.807) is 0 Å². The summed E-state index contributed by atoms with van der Waals surface area (Å²) in [6.07, 6.45) is 1.33. The smallest absolute Gasteiger partial charge is 0.243 e. The van der Waals surface area contributed by atoms with Gasteiger partial charge in [-0.15, -0.1) is 0 Å². The van der Waals surface area contributed by atoms with Crippen LogP contribution < -0.4 is 5.32 Å². The van der Waals surface area contributed by atoms with Gasteiger partial charge >= 0.3 is 0 Å². The van der Waals surface area contributed by atoms with Gasteiger partial charge in [0, 0.05) is 0 Å². The minimum absolute atomic E-state index is 0.0788. The van der Waals surface area contributed by atoms with Crippen molar-refractivity contribution in [2.75, 3.05) is 13.1 Å². The summed E-state index contributed by atoms with van der Waals surface area (Å²) < 4.78 is 0.921. The van der Waals surface area contributed by atoms with Crippen molar-refractivity contribution in [2.45, 2.75) is 78.9 Å². The molecule has 0 aromatic heterocycles. The largest absolute Gasteiger partial charge is 0.347 e. The fourth-order valence-corrected chi connectivity index (χ4v) is 4.44. The fourth-order valence-electron chi connectivity index (χ4n) is 4.44. The first-order valence-corrected chi connectivity index (χ1v) is 7.49. The zero-order valence-electron chi connectivity index (χ0n) is 15.1. The van der Waals surface area contributed by atoms with Gasteiger partial charge in [0.05, 0.1) is 29.7 Å². The Morgan fingerprint density at radius 2 is 1.30 bits per heavy atom. The summed E-state index contributed by atoms with van der Waals surface area (Å²) in [6, 6.07) is 0. The molecule has 0 spiro atoms. The normalized spacial score (nSPS) is 14.1. The molecule has 0 heterocycles. The number of carbonyl (C=O) groups is 1. The highest BCUT2D eigenvalue weighted by molar-refractivity contribution is 5.86. The summed E-state index contributed by atoms with van der Waals surface area (Å²) in [5, 5.41) is 2.93. The highest BCUT2D eigenvalue weighted by atomic mass is 16.1. The third kappa shape index (κ3) is 3.63. The molecule has 0 atom stereocenters. The van der Waals surface area contributed by atoms with Gasteiger partial charge in [-0.2, -0.15) is 0 Å².